The molecule has 1 aliphatic heterocycles. The summed E-state index contributed by atoms with van der Waals surface area (Å²) in [5, 5.41) is 0. The fourth-order valence-corrected chi connectivity index (χ4v) is 5.92. The van der Waals surface area contributed by atoms with Crippen molar-refractivity contribution in [3.63, 3.8) is 0 Å². The van der Waals surface area contributed by atoms with Crippen LogP contribution in [0.4, 0.5) is 0 Å². The van der Waals surface area contributed by atoms with Gasteiger partial charge in [0.2, 0.25) is 5.91 Å². The van der Waals surface area contributed by atoms with Crippen molar-refractivity contribution in [2.45, 2.75) is 54.4 Å². The third-order valence-electron chi connectivity index (χ3n) is 8.53. The Labute approximate surface area is 206 Å². The highest BCUT2D eigenvalue weighted by Gasteiger charge is 2.51. The average Bonchev–Trinajstić information content (AvgIpc) is 2.81. The monoisotopic (exact) mass is 465 g/mol. The molecule has 1 saturated heterocycles. The Balaban J connectivity index is 1.33. The van der Waals surface area contributed by atoms with Gasteiger partial charge in [-0.2, -0.15) is 0 Å². The number of rotatable bonds is 6. The predicted octanol–water partition coefficient (Wildman–Crippen LogP) is 4.62. The first kappa shape index (κ1) is 25.0. The van der Waals surface area contributed by atoms with Gasteiger partial charge in [0.1, 0.15) is 0 Å². The number of allylic oxidation sites excluding steroid dienone is 1. The van der Waals surface area contributed by atoms with E-state index in [9.17, 15) is 9.59 Å². The summed E-state index contributed by atoms with van der Waals surface area (Å²) in [7, 11) is 0. The van der Waals surface area contributed by atoms with Crippen LogP contribution in [0.5, 0.6) is 0 Å². The van der Waals surface area contributed by atoms with E-state index in [0.29, 0.717) is 11.3 Å². The van der Waals surface area contributed by atoms with E-state index in [1.54, 1.807) is 0 Å². The maximum absolute atomic E-state index is 13.3. The molecule has 0 radical (unpaired) electrons. The van der Waals surface area contributed by atoms with Gasteiger partial charge in [-0.15, -0.1) is 0 Å². The highest BCUT2D eigenvalue weighted by molar-refractivity contribution is 5.94. The molecule has 5 rings (SSSR count). The number of nitrogens with zero attached hydrogens (tertiary/aromatic N) is 3. The number of piperazine rings is 1. The summed E-state index contributed by atoms with van der Waals surface area (Å²) < 4.78 is 0. The van der Waals surface area contributed by atoms with Gasteiger partial charge in [0.05, 0.1) is 0 Å². The van der Waals surface area contributed by atoms with Crippen LogP contribution in [-0.2, 0) is 4.79 Å². The molecule has 4 aliphatic rings. The molecule has 5 nitrogen and oxygen atoms in total. The smallest absolute Gasteiger partial charge is 0.253 e. The van der Waals surface area contributed by atoms with Crippen LogP contribution in [0.1, 0.15) is 63.4 Å². The highest BCUT2D eigenvalue weighted by Crippen LogP contribution is 2.59. The zero-order valence-corrected chi connectivity index (χ0v) is 22.1. The van der Waals surface area contributed by atoms with Gasteiger partial charge in [0.15, 0.2) is 0 Å². The fourth-order valence-electron chi connectivity index (χ4n) is 5.92. The van der Waals surface area contributed by atoms with Crippen LogP contribution in [0.15, 0.2) is 35.9 Å². The van der Waals surface area contributed by atoms with E-state index in [1.807, 2.05) is 56.9 Å². The quantitative estimate of drug-likeness (QED) is 0.576. The molecule has 0 spiro atoms. The summed E-state index contributed by atoms with van der Waals surface area (Å²) in [6, 6.07) is 7.84. The molecule has 5 heteroatoms. The van der Waals surface area contributed by atoms with Crippen molar-refractivity contribution in [3.8, 4) is 0 Å². The number of hydrogen-bond donors (Lipinski definition) is 0. The van der Waals surface area contributed by atoms with Crippen LogP contribution < -0.4 is 0 Å². The van der Waals surface area contributed by atoms with Crippen molar-refractivity contribution in [1.82, 2.24) is 14.7 Å². The van der Waals surface area contributed by atoms with Crippen molar-refractivity contribution >= 4 is 11.8 Å². The van der Waals surface area contributed by atoms with E-state index in [2.05, 4.69) is 29.7 Å². The number of amides is 2. The largest absolute Gasteiger partial charge is 0.337 e. The molecule has 186 valence electrons. The minimum atomic E-state index is -0.383. The van der Waals surface area contributed by atoms with Crippen LogP contribution in [0.3, 0.4) is 0 Å². The minimum Gasteiger partial charge on any atom is -0.337 e. The molecule has 1 saturated carbocycles. The molecule has 2 amide bonds. The number of carbonyl (C=O) groups is 2. The Morgan fingerprint density at radius 3 is 2.26 bits per heavy atom. The third kappa shape index (κ3) is 5.10. The lowest BCUT2D eigenvalue weighted by Gasteiger charge is -2.57. The number of fused-ring (bicyclic) bond motifs is 1. The molecule has 0 aromatic heterocycles. The van der Waals surface area contributed by atoms with Gasteiger partial charge < -0.3 is 9.80 Å². The number of hydrogen-bond acceptors (Lipinski definition) is 3. The molecule has 1 aromatic carbocycles. The fraction of sp³-hybridized carbons (Fsp3) is 0.655. The van der Waals surface area contributed by atoms with Crippen LogP contribution in [0.25, 0.3) is 0 Å². The summed E-state index contributed by atoms with van der Waals surface area (Å²) in [4.78, 5) is 32.6. The first-order valence-corrected chi connectivity index (χ1v) is 13.0. The van der Waals surface area contributed by atoms with E-state index in [0.717, 1.165) is 63.7 Å². The van der Waals surface area contributed by atoms with E-state index in [1.165, 1.54) is 17.6 Å². The van der Waals surface area contributed by atoms with Crippen molar-refractivity contribution in [2.24, 2.45) is 22.7 Å². The molecule has 1 heterocycles. The standard InChI is InChI=1S/C29H43N3O2/c1-21-7-9-22(10-8-21)26(33)31-16-13-30(14-17-31)15-18-32(27(34)28(2,3)4)20-23-11-12-24-19-25(23)29(24,5)6/h7-11,24-25H,12-20H2,1-6H3. The summed E-state index contributed by atoms with van der Waals surface area (Å²) in [6.45, 7) is 18.5. The van der Waals surface area contributed by atoms with Crippen molar-refractivity contribution in [1.29, 1.82) is 0 Å². The van der Waals surface area contributed by atoms with E-state index in [4.69, 9.17) is 0 Å². The van der Waals surface area contributed by atoms with Crippen molar-refractivity contribution in [3.05, 3.63) is 47.0 Å². The number of benzene rings is 1. The van der Waals surface area contributed by atoms with Gasteiger partial charge in [-0.05, 0) is 49.1 Å². The molecule has 34 heavy (non-hydrogen) atoms. The Bertz CT molecular complexity index is 933. The molecule has 2 atom stereocenters. The number of aryl methyl sites for hydroxylation is 1. The molecule has 0 N–H and O–H groups in total. The van der Waals surface area contributed by atoms with Crippen LogP contribution in [0, 0.1) is 29.6 Å². The summed E-state index contributed by atoms with van der Waals surface area (Å²) in [5.74, 6) is 1.79. The van der Waals surface area contributed by atoms with Crippen molar-refractivity contribution in [2.75, 3.05) is 45.8 Å². The predicted molar refractivity (Wildman–Crippen MR) is 138 cm³/mol. The van der Waals surface area contributed by atoms with Crippen LogP contribution >= 0.6 is 0 Å². The van der Waals surface area contributed by atoms with Gasteiger partial charge in [-0.1, -0.05) is 64.0 Å². The lowest BCUT2D eigenvalue weighted by Crippen LogP contribution is -2.53. The first-order valence-electron chi connectivity index (χ1n) is 13.0. The lowest BCUT2D eigenvalue weighted by molar-refractivity contribution is -0.139. The second-order valence-corrected chi connectivity index (χ2v) is 12.3. The maximum atomic E-state index is 13.3. The van der Waals surface area contributed by atoms with Gasteiger partial charge in [-0.3, -0.25) is 14.5 Å². The van der Waals surface area contributed by atoms with E-state index >= 15 is 0 Å². The third-order valence-corrected chi connectivity index (χ3v) is 8.53. The Morgan fingerprint density at radius 2 is 1.71 bits per heavy atom. The van der Waals surface area contributed by atoms with Gasteiger partial charge in [-0.25, -0.2) is 0 Å². The zero-order chi connectivity index (χ0) is 24.7. The maximum Gasteiger partial charge on any atom is 0.253 e. The van der Waals surface area contributed by atoms with Crippen molar-refractivity contribution < 1.29 is 9.59 Å². The summed E-state index contributed by atoms with van der Waals surface area (Å²) in [5.41, 5.74) is 3.40. The molecule has 2 fully saturated rings. The summed E-state index contributed by atoms with van der Waals surface area (Å²) in [6.07, 6.45) is 4.86. The molecular formula is C29H43N3O2. The SMILES string of the molecule is Cc1ccc(C(=O)N2CCN(CCN(CC3=CCC4CC3C4(C)C)C(=O)C(C)(C)C)CC2)cc1. The van der Waals surface area contributed by atoms with Crippen LogP contribution in [-0.4, -0.2) is 72.3 Å². The van der Waals surface area contributed by atoms with E-state index in [-0.39, 0.29) is 17.2 Å². The van der Waals surface area contributed by atoms with Gasteiger partial charge in [0, 0.05) is 56.8 Å². The molecule has 2 unspecified atom stereocenters. The van der Waals surface area contributed by atoms with Gasteiger partial charge in [0.25, 0.3) is 5.91 Å². The molecule has 3 aliphatic carbocycles. The zero-order valence-electron chi connectivity index (χ0n) is 22.1. The second-order valence-electron chi connectivity index (χ2n) is 12.3. The van der Waals surface area contributed by atoms with Crippen LogP contribution in [0.2, 0.25) is 0 Å². The topological polar surface area (TPSA) is 43.9 Å². The molecule has 2 bridgehead atoms. The Kier molecular flexibility index (Phi) is 6.97. The van der Waals surface area contributed by atoms with Gasteiger partial charge >= 0.3 is 0 Å². The Morgan fingerprint density at radius 1 is 1.06 bits per heavy atom. The van der Waals surface area contributed by atoms with E-state index < -0.39 is 0 Å². The normalized spacial score (nSPS) is 24.3. The summed E-state index contributed by atoms with van der Waals surface area (Å²) >= 11 is 0. The average molecular weight is 466 g/mol. The number of carbonyl (C=O) groups excluding carboxylic acids is 2. The minimum absolute atomic E-state index is 0.120. The second kappa shape index (κ2) is 9.49. The first-order chi connectivity index (χ1) is 16.0. The lowest BCUT2D eigenvalue weighted by atomic mass is 9.49. The highest BCUT2D eigenvalue weighted by atomic mass is 16.2. The molecule has 1 aromatic rings. The Hall–Kier alpha value is -2.14. The molecular weight excluding hydrogens is 422 g/mol.